The summed E-state index contributed by atoms with van der Waals surface area (Å²) < 4.78 is 25.3. The lowest BCUT2D eigenvalue weighted by atomic mass is 10.0. The maximum absolute atomic E-state index is 11.4. The van der Waals surface area contributed by atoms with Crippen molar-refractivity contribution in [3.8, 4) is 0 Å². The lowest BCUT2D eigenvalue weighted by Crippen LogP contribution is -2.13. The lowest BCUT2D eigenvalue weighted by molar-refractivity contribution is 0.589. The van der Waals surface area contributed by atoms with Crippen LogP contribution in [0.2, 0.25) is 0 Å². The smallest absolute Gasteiger partial charge is 0.207 e. The summed E-state index contributed by atoms with van der Waals surface area (Å²) in [6.07, 6.45) is 0. The molecule has 0 aliphatic carbocycles. The summed E-state index contributed by atoms with van der Waals surface area (Å²) in [6.45, 7) is 4.62. The molecule has 4 heteroatoms. The lowest BCUT2D eigenvalue weighted by Gasteiger charge is -2.06. The van der Waals surface area contributed by atoms with E-state index < -0.39 is 10.0 Å². The molecule has 0 unspecified atom stereocenters. The molecule has 2 rings (SSSR count). The number of sulfonamides is 1. The summed E-state index contributed by atoms with van der Waals surface area (Å²) in [6, 6.07) is 5.55. The highest BCUT2D eigenvalue weighted by atomic mass is 32.2. The van der Waals surface area contributed by atoms with Gasteiger partial charge in [-0.1, -0.05) is 26.0 Å². The first kappa shape index (κ1) is 9.68. The molecule has 0 fully saturated rings. The fourth-order valence-electron chi connectivity index (χ4n) is 1.61. The number of hydrogen-bond acceptors (Lipinski definition) is 2. The molecular formula is C10H13NO2S. The second-order valence-electron chi connectivity index (χ2n) is 3.85. The van der Waals surface area contributed by atoms with Gasteiger partial charge in [-0.15, -0.1) is 0 Å². The first-order valence-corrected chi connectivity index (χ1v) is 6.11. The third kappa shape index (κ3) is 1.44. The Kier molecular flexibility index (Phi) is 2.12. The molecule has 3 nitrogen and oxygen atoms in total. The fraction of sp³-hybridized carbons (Fsp3) is 0.400. The minimum atomic E-state index is -3.20. The Morgan fingerprint density at radius 1 is 1.36 bits per heavy atom. The molecule has 0 radical (unpaired) electrons. The summed E-state index contributed by atoms with van der Waals surface area (Å²) in [7, 11) is -3.20. The van der Waals surface area contributed by atoms with E-state index in [-0.39, 0.29) is 0 Å². The van der Waals surface area contributed by atoms with Gasteiger partial charge < -0.3 is 0 Å². The summed E-state index contributed by atoms with van der Waals surface area (Å²) >= 11 is 0. The molecule has 0 saturated carbocycles. The van der Waals surface area contributed by atoms with Gasteiger partial charge in [0.2, 0.25) is 10.0 Å². The SMILES string of the molecule is CC(C)c1ccc2c(c1)CNS2(=O)=O. The number of rotatable bonds is 1. The first-order chi connectivity index (χ1) is 6.50. The van der Waals surface area contributed by atoms with Crippen molar-refractivity contribution in [2.24, 2.45) is 0 Å². The van der Waals surface area contributed by atoms with Gasteiger partial charge in [0.15, 0.2) is 0 Å². The number of hydrogen-bond donors (Lipinski definition) is 1. The van der Waals surface area contributed by atoms with Gasteiger partial charge in [0, 0.05) is 6.54 Å². The van der Waals surface area contributed by atoms with Crippen LogP contribution in [-0.4, -0.2) is 8.42 Å². The van der Waals surface area contributed by atoms with Crippen molar-refractivity contribution in [2.75, 3.05) is 0 Å². The van der Waals surface area contributed by atoms with Crippen molar-refractivity contribution in [3.05, 3.63) is 29.3 Å². The van der Waals surface area contributed by atoms with Crippen molar-refractivity contribution in [3.63, 3.8) is 0 Å². The summed E-state index contributed by atoms with van der Waals surface area (Å²) in [5.74, 6) is 0.434. The van der Waals surface area contributed by atoms with Crippen LogP contribution >= 0.6 is 0 Å². The molecule has 1 N–H and O–H groups in total. The summed E-state index contributed by atoms with van der Waals surface area (Å²) in [4.78, 5) is 0.432. The van der Waals surface area contributed by atoms with Crippen LogP contribution in [0, 0.1) is 0 Å². The van der Waals surface area contributed by atoms with Crippen LogP contribution in [0.15, 0.2) is 23.1 Å². The number of nitrogens with one attached hydrogen (secondary N) is 1. The second kappa shape index (κ2) is 3.07. The van der Waals surface area contributed by atoms with E-state index in [1.807, 2.05) is 12.1 Å². The van der Waals surface area contributed by atoms with Crippen molar-refractivity contribution in [1.82, 2.24) is 4.72 Å². The maximum atomic E-state index is 11.4. The molecule has 0 atom stereocenters. The van der Waals surface area contributed by atoms with Crippen molar-refractivity contribution >= 4 is 10.0 Å². The van der Waals surface area contributed by atoms with E-state index in [1.54, 1.807) is 6.07 Å². The third-order valence-electron chi connectivity index (χ3n) is 2.49. The van der Waals surface area contributed by atoms with Gasteiger partial charge in [-0.25, -0.2) is 13.1 Å². The predicted octanol–water partition coefficient (Wildman–Crippen LogP) is 1.60. The molecule has 0 bridgehead atoms. The molecular weight excluding hydrogens is 198 g/mol. The highest BCUT2D eigenvalue weighted by molar-refractivity contribution is 7.89. The molecule has 0 spiro atoms. The van der Waals surface area contributed by atoms with Crippen LogP contribution in [0.25, 0.3) is 0 Å². The Hall–Kier alpha value is -0.870. The van der Waals surface area contributed by atoms with Crippen LogP contribution in [0.5, 0.6) is 0 Å². The minimum absolute atomic E-state index is 0.429. The summed E-state index contributed by atoms with van der Waals surface area (Å²) in [5.41, 5.74) is 2.07. The van der Waals surface area contributed by atoms with Crippen LogP contribution in [-0.2, 0) is 16.6 Å². The van der Waals surface area contributed by atoms with Gasteiger partial charge in [0.25, 0.3) is 0 Å². The Labute approximate surface area is 84.2 Å². The quantitative estimate of drug-likeness (QED) is 0.767. The van der Waals surface area contributed by atoms with Crippen LogP contribution in [0.3, 0.4) is 0 Å². The average molecular weight is 211 g/mol. The van der Waals surface area contributed by atoms with Gasteiger partial charge in [-0.05, 0) is 23.1 Å². The molecule has 1 heterocycles. The van der Waals surface area contributed by atoms with E-state index in [9.17, 15) is 8.42 Å². The van der Waals surface area contributed by atoms with Gasteiger partial charge >= 0.3 is 0 Å². The Morgan fingerprint density at radius 2 is 2.07 bits per heavy atom. The van der Waals surface area contributed by atoms with Crippen molar-refractivity contribution in [2.45, 2.75) is 31.2 Å². The maximum Gasteiger partial charge on any atom is 0.241 e. The normalized spacial score (nSPS) is 18.5. The zero-order valence-electron chi connectivity index (χ0n) is 8.24. The van der Waals surface area contributed by atoms with E-state index in [2.05, 4.69) is 18.6 Å². The molecule has 1 aromatic carbocycles. The number of fused-ring (bicyclic) bond motifs is 1. The van der Waals surface area contributed by atoms with Crippen molar-refractivity contribution in [1.29, 1.82) is 0 Å². The zero-order chi connectivity index (χ0) is 10.3. The molecule has 1 aliphatic heterocycles. The first-order valence-electron chi connectivity index (χ1n) is 4.63. The molecule has 0 saturated heterocycles. The topological polar surface area (TPSA) is 46.2 Å². The van der Waals surface area contributed by atoms with Crippen LogP contribution < -0.4 is 4.72 Å². The largest absolute Gasteiger partial charge is 0.241 e. The Bertz CT molecular complexity index is 463. The molecule has 1 aliphatic rings. The highest BCUT2D eigenvalue weighted by Gasteiger charge is 2.25. The summed E-state index contributed by atoms with van der Waals surface area (Å²) in [5, 5.41) is 0. The molecule has 0 aromatic heterocycles. The molecule has 1 aromatic rings. The molecule has 0 amide bonds. The third-order valence-corrected chi connectivity index (χ3v) is 4.00. The Balaban J connectivity index is 2.55. The van der Waals surface area contributed by atoms with Gasteiger partial charge in [-0.2, -0.15) is 0 Å². The van der Waals surface area contributed by atoms with Crippen LogP contribution in [0.4, 0.5) is 0 Å². The van der Waals surface area contributed by atoms with Gasteiger partial charge in [0.05, 0.1) is 4.90 Å². The minimum Gasteiger partial charge on any atom is -0.207 e. The van der Waals surface area contributed by atoms with E-state index in [0.29, 0.717) is 17.4 Å². The van der Waals surface area contributed by atoms with E-state index in [0.717, 1.165) is 5.56 Å². The second-order valence-corrected chi connectivity index (χ2v) is 5.58. The van der Waals surface area contributed by atoms with E-state index >= 15 is 0 Å². The standard InChI is InChI=1S/C10H13NO2S/c1-7(2)8-3-4-10-9(5-8)6-11-14(10,12)13/h3-5,7,11H,6H2,1-2H3. The van der Waals surface area contributed by atoms with Gasteiger partial charge in [-0.3, -0.25) is 0 Å². The zero-order valence-corrected chi connectivity index (χ0v) is 9.06. The Morgan fingerprint density at radius 3 is 2.71 bits per heavy atom. The predicted molar refractivity (Wildman–Crippen MR) is 54.6 cm³/mol. The monoisotopic (exact) mass is 211 g/mol. The van der Waals surface area contributed by atoms with E-state index in [4.69, 9.17) is 0 Å². The average Bonchev–Trinajstić information content (AvgIpc) is 2.42. The van der Waals surface area contributed by atoms with Gasteiger partial charge in [0.1, 0.15) is 0 Å². The molecule has 76 valence electrons. The highest BCUT2D eigenvalue weighted by Crippen LogP contribution is 2.26. The fourth-order valence-corrected chi connectivity index (χ4v) is 2.83. The molecule has 14 heavy (non-hydrogen) atoms. The van der Waals surface area contributed by atoms with E-state index in [1.165, 1.54) is 5.56 Å². The van der Waals surface area contributed by atoms with Crippen LogP contribution in [0.1, 0.15) is 30.9 Å². The van der Waals surface area contributed by atoms with Crippen molar-refractivity contribution < 1.29 is 8.42 Å². The number of benzene rings is 1.